The Kier molecular flexibility index (Phi) is 8.77. The lowest BCUT2D eigenvalue weighted by atomic mass is 9.98. The summed E-state index contributed by atoms with van der Waals surface area (Å²) in [5.74, 6) is -0.264. The summed E-state index contributed by atoms with van der Waals surface area (Å²) in [6.45, 7) is 4.35. The van der Waals surface area contributed by atoms with Crippen molar-refractivity contribution in [1.82, 2.24) is 25.6 Å². The highest BCUT2D eigenvalue weighted by molar-refractivity contribution is 5.77. The Hall–Kier alpha value is -4.33. The van der Waals surface area contributed by atoms with Gasteiger partial charge in [0.1, 0.15) is 11.4 Å². The van der Waals surface area contributed by atoms with Crippen molar-refractivity contribution >= 4 is 17.5 Å². The highest BCUT2D eigenvalue weighted by Crippen LogP contribution is 2.31. The van der Waals surface area contributed by atoms with E-state index in [0.717, 1.165) is 17.3 Å². The van der Waals surface area contributed by atoms with Gasteiger partial charge in [-0.2, -0.15) is 18.3 Å². The third-order valence-electron chi connectivity index (χ3n) is 6.26. The van der Waals surface area contributed by atoms with Crippen molar-refractivity contribution in [2.75, 3.05) is 29.9 Å². The summed E-state index contributed by atoms with van der Waals surface area (Å²) in [4.78, 5) is 39.9. The first-order chi connectivity index (χ1) is 19.0. The molecule has 40 heavy (non-hydrogen) atoms. The fourth-order valence-electron chi connectivity index (χ4n) is 4.26. The number of nitrogens with zero attached hydrogens (tertiary/aromatic N) is 4. The summed E-state index contributed by atoms with van der Waals surface area (Å²) in [6, 6.07) is 5.71. The number of rotatable bonds is 9. The van der Waals surface area contributed by atoms with Gasteiger partial charge in [0.05, 0.1) is 24.9 Å². The Morgan fingerprint density at radius 1 is 1.20 bits per heavy atom. The van der Waals surface area contributed by atoms with Crippen molar-refractivity contribution < 1.29 is 27.2 Å². The van der Waals surface area contributed by atoms with Gasteiger partial charge in [0.15, 0.2) is 0 Å². The molecule has 0 saturated carbocycles. The quantitative estimate of drug-likeness (QED) is 0.205. The van der Waals surface area contributed by atoms with Crippen LogP contribution in [0.15, 0.2) is 58.8 Å². The first-order valence-electron chi connectivity index (χ1n) is 12.3. The Balaban J connectivity index is 1.26. The largest absolute Gasteiger partial charge is 0.423 e. The minimum atomic E-state index is -4.87. The van der Waals surface area contributed by atoms with Crippen LogP contribution in [-0.2, 0) is 15.8 Å². The van der Waals surface area contributed by atoms with Crippen LogP contribution in [0.3, 0.4) is 0 Å². The number of anilines is 2. The highest BCUT2D eigenvalue weighted by atomic mass is 19.4. The SMILES string of the molecule is CC1=C(CC(=O)NOC[C@H](C)Nc2cn[nH]c(=O)c2C(F)(F)F)CCN(c2ncc(-c3ccccc3F)cn2)C1. The number of hydrogen-bond donors (Lipinski definition) is 3. The van der Waals surface area contributed by atoms with Crippen LogP contribution in [0.1, 0.15) is 32.3 Å². The molecule has 14 heteroatoms. The zero-order valence-electron chi connectivity index (χ0n) is 21.7. The average Bonchev–Trinajstić information content (AvgIpc) is 2.89. The van der Waals surface area contributed by atoms with Crippen LogP contribution in [-0.4, -0.2) is 51.8 Å². The van der Waals surface area contributed by atoms with Gasteiger partial charge in [-0.15, -0.1) is 0 Å². The predicted molar refractivity (Wildman–Crippen MR) is 139 cm³/mol. The van der Waals surface area contributed by atoms with Gasteiger partial charge in [-0.3, -0.25) is 14.4 Å². The van der Waals surface area contributed by atoms with Gasteiger partial charge in [0, 0.05) is 42.7 Å². The summed E-state index contributed by atoms with van der Waals surface area (Å²) >= 11 is 0. The van der Waals surface area contributed by atoms with E-state index in [1.807, 2.05) is 11.8 Å². The van der Waals surface area contributed by atoms with E-state index >= 15 is 0 Å². The van der Waals surface area contributed by atoms with Gasteiger partial charge in [0.2, 0.25) is 11.9 Å². The van der Waals surface area contributed by atoms with E-state index < -0.39 is 34.9 Å². The maximum Gasteiger partial charge on any atom is 0.423 e. The summed E-state index contributed by atoms with van der Waals surface area (Å²) in [5, 5.41) is 7.69. The van der Waals surface area contributed by atoms with E-state index in [-0.39, 0.29) is 18.8 Å². The number of H-pyrrole nitrogens is 1. The van der Waals surface area contributed by atoms with Crippen LogP contribution in [0, 0.1) is 5.82 Å². The lowest BCUT2D eigenvalue weighted by Crippen LogP contribution is -2.35. The van der Waals surface area contributed by atoms with Crippen molar-refractivity contribution in [1.29, 1.82) is 0 Å². The zero-order chi connectivity index (χ0) is 28.9. The predicted octanol–water partition coefficient (Wildman–Crippen LogP) is 3.85. The lowest BCUT2D eigenvalue weighted by Gasteiger charge is -2.29. The number of halogens is 4. The van der Waals surface area contributed by atoms with Crippen LogP contribution in [0.5, 0.6) is 0 Å². The van der Waals surface area contributed by atoms with Crippen molar-refractivity contribution in [3.05, 3.63) is 75.7 Å². The second-order valence-corrected chi connectivity index (χ2v) is 9.35. The molecular formula is C26H27F4N7O3. The van der Waals surface area contributed by atoms with E-state index in [1.165, 1.54) is 13.0 Å². The van der Waals surface area contributed by atoms with E-state index in [1.54, 1.807) is 35.7 Å². The topological polar surface area (TPSA) is 125 Å². The number of benzene rings is 1. The molecule has 0 saturated heterocycles. The molecule has 2 aromatic heterocycles. The molecule has 1 atom stereocenters. The Bertz CT molecular complexity index is 1440. The van der Waals surface area contributed by atoms with Gasteiger partial charge >= 0.3 is 6.18 Å². The number of aromatic amines is 1. The minimum absolute atomic E-state index is 0.0881. The average molecular weight is 562 g/mol. The van der Waals surface area contributed by atoms with Crippen molar-refractivity contribution in [2.45, 2.75) is 38.9 Å². The molecule has 1 aliphatic heterocycles. The number of hydroxylamine groups is 1. The molecule has 0 unspecified atom stereocenters. The number of carbonyl (C=O) groups is 1. The van der Waals surface area contributed by atoms with Crippen molar-refractivity contribution in [3.8, 4) is 11.1 Å². The first kappa shape index (κ1) is 28.7. The molecule has 10 nitrogen and oxygen atoms in total. The molecule has 212 valence electrons. The van der Waals surface area contributed by atoms with Gasteiger partial charge in [-0.05, 0) is 26.3 Å². The number of hydrogen-bond acceptors (Lipinski definition) is 8. The third-order valence-corrected chi connectivity index (χ3v) is 6.26. The second-order valence-electron chi connectivity index (χ2n) is 9.35. The van der Waals surface area contributed by atoms with Gasteiger partial charge in [-0.1, -0.05) is 29.3 Å². The minimum Gasteiger partial charge on any atom is -0.378 e. The molecule has 3 heterocycles. The molecule has 0 fully saturated rings. The number of aromatic nitrogens is 4. The maximum atomic E-state index is 14.0. The van der Waals surface area contributed by atoms with Gasteiger partial charge < -0.3 is 10.2 Å². The highest BCUT2D eigenvalue weighted by Gasteiger charge is 2.37. The van der Waals surface area contributed by atoms with Crippen LogP contribution < -0.4 is 21.3 Å². The van der Waals surface area contributed by atoms with E-state index in [4.69, 9.17) is 4.84 Å². The molecular weight excluding hydrogens is 534 g/mol. The number of carbonyl (C=O) groups excluding carboxylic acids is 1. The van der Waals surface area contributed by atoms with E-state index in [9.17, 15) is 27.2 Å². The third kappa shape index (κ3) is 7.00. The normalized spacial score (nSPS) is 14.7. The standard InChI is InChI=1S/C26H27F4N7O3/c1-15-13-37(25-31-10-18(11-32-25)19-5-3-4-6-20(19)27)8-7-17(15)9-22(38)36-40-14-16(2)34-21-12-33-35-24(39)23(21)26(28,29)30/h3-6,10-12,16H,7-9,13-14H2,1-2H3,(H,36,38)(H2,34,35,39)/t16-/m0/s1. The second kappa shape index (κ2) is 12.2. The van der Waals surface area contributed by atoms with E-state index in [2.05, 4.69) is 25.9 Å². The molecule has 1 aromatic carbocycles. The fourth-order valence-corrected chi connectivity index (χ4v) is 4.26. The van der Waals surface area contributed by atoms with Crippen LogP contribution >= 0.6 is 0 Å². The molecule has 1 aliphatic rings. The Morgan fingerprint density at radius 2 is 1.93 bits per heavy atom. The lowest BCUT2D eigenvalue weighted by molar-refractivity contribution is -0.138. The molecule has 0 bridgehead atoms. The monoisotopic (exact) mass is 561 g/mol. The van der Waals surface area contributed by atoms with E-state index in [0.29, 0.717) is 36.6 Å². The molecule has 1 amide bonds. The van der Waals surface area contributed by atoms with Crippen molar-refractivity contribution in [2.24, 2.45) is 0 Å². The number of amides is 1. The summed E-state index contributed by atoms with van der Waals surface area (Å²) in [5.41, 5.74) is 1.95. The fraction of sp³-hybridized carbons (Fsp3) is 0.346. The summed E-state index contributed by atoms with van der Waals surface area (Å²) in [6.07, 6.45) is -0.177. The summed E-state index contributed by atoms with van der Waals surface area (Å²) in [7, 11) is 0. The van der Waals surface area contributed by atoms with Crippen molar-refractivity contribution in [3.63, 3.8) is 0 Å². The van der Waals surface area contributed by atoms with Gasteiger partial charge in [-0.25, -0.2) is 24.9 Å². The smallest absolute Gasteiger partial charge is 0.378 e. The van der Waals surface area contributed by atoms with Crippen LogP contribution in [0.2, 0.25) is 0 Å². The molecule has 4 rings (SSSR count). The number of alkyl halides is 3. The van der Waals surface area contributed by atoms with Gasteiger partial charge in [0.25, 0.3) is 5.56 Å². The Morgan fingerprint density at radius 3 is 2.60 bits per heavy atom. The Labute approximate surface area is 226 Å². The molecule has 0 aliphatic carbocycles. The van der Waals surface area contributed by atoms with Crippen LogP contribution in [0.25, 0.3) is 11.1 Å². The molecule has 3 aromatic rings. The number of nitrogens with one attached hydrogen (secondary N) is 3. The zero-order valence-corrected chi connectivity index (χ0v) is 21.7. The van der Waals surface area contributed by atoms with Crippen LogP contribution in [0.4, 0.5) is 29.2 Å². The first-order valence-corrected chi connectivity index (χ1v) is 12.3. The molecule has 0 spiro atoms. The summed E-state index contributed by atoms with van der Waals surface area (Å²) < 4.78 is 53.6. The molecule has 0 radical (unpaired) electrons. The maximum absolute atomic E-state index is 14.0. The molecule has 3 N–H and O–H groups in total.